The topological polar surface area (TPSA) is 26.3 Å². The molecule has 0 unspecified atom stereocenters. The zero-order valence-corrected chi connectivity index (χ0v) is 13.5. The lowest BCUT2D eigenvalue weighted by molar-refractivity contribution is -0.274. The van der Waals surface area contributed by atoms with Crippen LogP contribution in [0.5, 0.6) is 5.75 Å². The number of carbonyl (C=O) groups is 1. The third-order valence-corrected chi connectivity index (χ3v) is 3.23. The molecule has 0 aliphatic rings. The van der Waals surface area contributed by atoms with Gasteiger partial charge in [-0.15, -0.1) is 13.2 Å². The predicted octanol–water partition coefficient (Wildman–Crippen LogP) is 5.90. The lowest BCUT2D eigenvalue weighted by atomic mass is 10.1. The summed E-state index contributed by atoms with van der Waals surface area (Å²) in [6.07, 6.45) is -4.12. The van der Waals surface area contributed by atoms with Gasteiger partial charge in [-0.3, -0.25) is 4.79 Å². The van der Waals surface area contributed by atoms with Crippen molar-refractivity contribution in [2.24, 2.45) is 0 Å². The van der Waals surface area contributed by atoms with Crippen LogP contribution in [0.1, 0.15) is 16.7 Å². The molecule has 0 aromatic heterocycles. The summed E-state index contributed by atoms with van der Waals surface area (Å²) in [4.78, 5) is 11.7. The van der Waals surface area contributed by atoms with Crippen molar-refractivity contribution in [2.45, 2.75) is 12.5 Å². The molecule has 0 saturated carbocycles. The standard InChI is InChI=1S/C19H12F6O2/c20-18(21,22)15-7-1-13(2-8-15)3-9-16(26)10-4-14-5-11-17(12-6-14)27-19(23,24)25/h1-12H. The van der Waals surface area contributed by atoms with Crippen LogP contribution in [0.15, 0.2) is 60.7 Å². The molecular weight excluding hydrogens is 374 g/mol. The van der Waals surface area contributed by atoms with E-state index in [2.05, 4.69) is 4.74 Å². The Labute approximate surface area is 150 Å². The van der Waals surface area contributed by atoms with Crippen LogP contribution in [-0.2, 0) is 11.0 Å². The maximum Gasteiger partial charge on any atom is 0.573 e. The van der Waals surface area contributed by atoms with Gasteiger partial charge >= 0.3 is 12.5 Å². The summed E-state index contributed by atoms with van der Waals surface area (Å²) in [6.45, 7) is 0. The summed E-state index contributed by atoms with van der Waals surface area (Å²) < 4.78 is 77.3. The normalized spacial score (nSPS) is 12.7. The first-order valence-electron chi connectivity index (χ1n) is 7.46. The summed E-state index contributed by atoms with van der Waals surface area (Å²) in [7, 11) is 0. The molecule has 0 bridgehead atoms. The molecule has 0 N–H and O–H groups in total. The number of alkyl halides is 6. The van der Waals surface area contributed by atoms with Crippen molar-refractivity contribution >= 4 is 17.9 Å². The van der Waals surface area contributed by atoms with Crippen molar-refractivity contribution in [3.05, 3.63) is 77.4 Å². The molecule has 142 valence electrons. The van der Waals surface area contributed by atoms with Crippen LogP contribution in [0.4, 0.5) is 26.3 Å². The van der Waals surface area contributed by atoms with Crippen LogP contribution in [0.25, 0.3) is 12.2 Å². The minimum absolute atomic E-state index is 0.381. The molecule has 0 aliphatic heterocycles. The average molecular weight is 386 g/mol. The first-order valence-corrected chi connectivity index (χ1v) is 7.46. The maximum atomic E-state index is 12.5. The molecule has 2 rings (SSSR count). The van der Waals surface area contributed by atoms with E-state index in [-0.39, 0.29) is 5.75 Å². The highest BCUT2D eigenvalue weighted by Crippen LogP contribution is 2.29. The zero-order valence-electron chi connectivity index (χ0n) is 13.5. The Morgan fingerprint density at radius 2 is 1.19 bits per heavy atom. The molecule has 8 heteroatoms. The van der Waals surface area contributed by atoms with Crippen LogP contribution in [0.3, 0.4) is 0 Å². The van der Waals surface area contributed by atoms with Gasteiger partial charge in [0.15, 0.2) is 5.78 Å². The Morgan fingerprint density at radius 1 is 0.741 bits per heavy atom. The van der Waals surface area contributed by atoms with Crippen LogP contribution in [0, 0.1) is 0 Å². The van der Waals surface area contributed by atoms with Crippen molar-refractivity contribution < 1.29 is 35.9 Å². The lowest BCUT2D eigenvalue weighted by Gasteiger charge is -2.08. The Bertz CT molecular complexity index is 828. The SMILES string of the molecule is O=C(C=Cc1ccc(OC(F)(F)F)cc1)C=Cc1ccc(C(F)(F)F)cc1. The van der Waals surface area contributed by atoms with Crippen molar-refractivity contribution in [2.75, 3.05) is 0 Å². The number of hydrogen-bond acceptors (Lipinski definition) is 2. The van der Waals surface area contributed by atoms with E-state index in [0.29, 0.717) is 11.1 Å². The van der Waals surface area contributed by atoms with Gasteiger partial charge in [-0.25, -0.2) is 0 Å². The second kappa shape index (κ2) is 8.11. The number of carbonyl (C=O) groups excluding carboxylic acids is 1. The molecule has 0 amide bonds. The smallest absolute Gasteiger partial charge is 0.406 e. The summed E-state index contributed by atoms with van der Waals surface area (Å²) in [5.41, 5.74) is 0.100. The van der Waals surface area contributed by atoms with E-state index < -0.39 is 23.9 Å². The third-order valence-electron chi connectivity index (χ3n) is 3.23. The number of ketones is 1. The first kappa shape index (κ1) is 20.3. The van der Waals surface area contributed by atoms with E-state index in [0.717, 1.165) is 24.3 Å². The molecule has 0 saturated heterocycles. The van der Waals surface area contributed by atoms with Crippen LogP contribution >= 0.6 is 0 Å². The van der Waals surface area contributed by atoms with Gasteiger partial charge in [-0.1, -0.05) is 36.4 Å². The van der Waals surface area contributed by atoms with Gasteiger partial charge in [0.2, 0.25) is 0 Å². The van der Waals surface area contributed by atoms with Gasteiger partial charge in [0, 0.05) is 0 Å². The monoisotopic (exact) mass is 386 g/mol. The second-order valence-electron chi connectivity index (χ2n) is 5.31. The number of halogens is 6. The van der Waals surface area contributed by atoms with Gasteiger partial charge in [0.05, 0.1) is 5.56 Å². The minimum atomic E-state index is -4.78. The number of rotatable bonds is 5. The molecule has 2 aromatic rings. The first-order chi connectivity index (χ1) is 12.5. The number of ether oxygens (including phenoxy) is 1. The molecule has 0 spiro atoms. The van der Waals surface area contributed by atoms with Crippen LogP contribution < -0.4 is 4.74 Å². The highest BCUT2D eigenvalue weighted by atomic mass is 19.4. The minimum Gasteiger partial charge on any atom is -0.406 e. The van der Waals surface area contributed by atoms with E-state index in [9.17, 15) is 31.1 Å². The average Bonchev–Trinajstić information content (AvgIpc) is 2.57. The van der Waals surface area contributed by atoms with E-state index in [4.69, 9.17) is 0 Å². The Kier molecular flexibility index (Phi) is 6.09. The van der Waals surface area contributed by atoms with E-state index in [1.54, 1.807) is 0 Å². The quantitative estimate of drug-likeness (QED) is 0.472. The van der Waals surface area contributed by atoms with Crippen molar-refractivity contribution in [1.82, 2.24) is 0 Å². The summed E-state index contributed by atoms with van der Waals surface area (Å²) in [5, 5.41) is 0. The molecule has 0 radical (unpaired) electrons. The van der Waals surface area contributed by atoms with Crippen molar-refractivity contribution in [3.63, 3.8) is 0 Å². The van der Waals surface area contributed by atoms with Crippen LogP contribution in [0.2, 0.25) is 0 Å². The van der Waals surface area contributed by atoms with Crippen molar-refractivity contribution in [3.8, 4) is 5.75 Å². The van der Waals surface area contributed by atoms with Gasteiger partial charge < -0.3 is 4.74 Å². The van der Waals surface area contributed by atoms with E-state index in [1.807, 2.05) is 0 Å². The third kappa shape index (κ3) is 7.01. The van der Waals surface area contributed by atoms with Gasteiger partial charge in [0.1, 0.15) is 5.75 Å². The fourth-order valence-corrected chi connectivity index (χ4v) is 1.98. The van der Waals surface area contributed by atoms with Gasteiger partial charge in [-0.2, -0.15) is 13.2 Å². The van der Waals surface area contributed by atoms with E-state index >= 15 is 0 Å². The molecule has 2 nitrogen and oxygen atoms in total. The molecule has 27 heavy (non-hydrogen) atoms. The van der Waals surface area contributed by atoms with E-state index in [1.165, 1.54) is 48.6 Å². The number of benzene rings is 2. The maximum absolute atomic E-state index is 12.5. The van der Waals surface area contributed by atoms with Crippen molar-refractivity contribution in [1.29, 1.82) is 0 Å². The Morgan fingerprint density at radius 3 is 1.59 bits per heavy atom. The molecule has 2 aromatic carbocycles. The summed E-state index contributed by atoms with van der Waals surface area (Å²) in [6, 6.07) is 9.17. The lowest BCUT2D eigenvalue weighted by Crippen LogP contribution is -2.16. The molecule has 0 aliphatic carbocycles. The molecule has 0 fully saturated rings. The van der Waals surface area contributed by atoms with Gasteiger partial charge in [-0.05, 0) is 47.5 Å². The summed E-state index contributed by atoms with van der Waals surface area (Å²) >= 11 is 0. The molecular formula is C19H12F6O2. The highest BCUT2D eigenvalue weighted by Gasteiger charge is 2.31. The highest BCUT2D eigenvalue weighted by molar-refractivity contribution is 6.04. The Balaban J connectivity index is 1.95. The predicted molar refractivity (Wildman–Crippen MR) is 87.6 cm³/mol. The molecule has 0 atom stereocenters. The summed E-state index contributed by atoms with van der Waals surface area (Å²) in [5.74, 6) is -0.821. The number of hydrogen-bond donors (Lipinski definition) is 0. The fourth-order valence-electron chi connectivity index (χ4n) is 1.98. The largest absolute Gasteiger partial charge is 0.573 e. The van der Waals surface area contributed by atoms with Crippen LogP contribution in [-0.4, -0.2) is 12.1 Å². The fraction of sp³-hybridized carbons (Fsp3) is 0.105. The van der Waals surface area contributed by atoms with Gasteiger partial charge in [0.25, 0.3) is 0 Å². The Hall–Kier alpha value is -3.03. The molecule has 0 heterocycles. The number of allylic oxidation sites excluding steroid dienone is 2. The zero-order chi connectivity index (χ0) is 20.1. The second-order valence-corrected chi connectivity index (χ2v) is 5.31.